The van der Waals surface area contributed by atoms with E-state index in [0.717, 1.165) is 11.6 Å². The average molecular weight is 519 g/mol. The lowest BCUT2D eigenvalue weighted by Crippen LogP contribution is -2.56. The Kier molecular flexibility index (Phi) is 14.3. The summed E-state index contributed by atoms with van der Waals surface area (Å²) in [5.74, 6) is -2.98. The summed E-state index contributed by atoms with van der Waals surface area (Å²) in [5, 5.41) is 17.0. The Morgan fingerprint density at radius 3 is 2.22 bits per heavy atom. The van der Waals surface area contributed by atoms with Crippen molar-refractivity contribution in [3.05, 3.63) is 48.0 Å². The third-order valence-electron chi connectivity index (χ3n) is 5.20. The number of nitrogens with one attached hydrogen (secondary N) is 3. The number of primary amides is 1. The number of amides is 4. The third kappa shape index (κ3) is 13.2. The molecule has 0 aliphatic carbocycles. The van der Waals surface area contributed by atoms with E-state index in [1.807, 2.05) is 19.9 Å². The minimum atomic E-state index is -1.04. The van der Waals surface area contributed by atoms with Crippen molar-refractivity contribution >= 4 is 29.6 Å². The molecule has 1 rings (SSSR count). The molecule has 1 aromatic rings. The molecule has 11 nitrogen and oxygen atoms in total. The van der Waals surface area contributed by atoms with Gasteiger partial charge in [-0.25, -0.2) is 4.79 Å². The molecule has 0 heterocycles. The Bertz CT molecular complexity index is 934. The second kappa shape index (κ2) is 16.9. The minimum Gasteiger partial charge on any atom is -0.463 e. The first-order valence-corrected chi connectivity index (χ1v) is 12.2. The summed E-state index contributed by atoms with van der Waals surface area (Å²) >= 11 is 0. The summed E-state index contributed by atoms with van der Waals surface area (Å²) in [7, 11) is 0. The van der Waals surface area contributed by atoms with Gasteiger partial charge in [0.1, 0.15) is 18.7 Å². The number of rotatable bonds is 16. The van der Waals surface area contributed by atoms with Crippen LogP contribution in [0.4, 0.5) is 0 Å². The number of benzene rings is 1. The number of aliphatic hydroxyl groups excluding tert-OH is 1. The van der Waals surface area contributed by atoms with Gasteiger partial charge in [0, 0.05) is 25.0 Å². The molecular formula is C26H38N4O7. The van der Waals surface area contributed by atoms with Gasteiger partial charge in [0.2, 0.25) is 23.6 Å². The Morgan fingerprint density at radius 1 is 1.00 bits per heavy atom. The monoisotopic (exact) mass is 518 g/mol. The van der Waals surface area contributed by atoms with Gasteiger partial charge in [0.05, 0.1) is 6.61 Å². The van der Waals surface area contributed by atoms with Crippen LogP contribution >= 0.6 is 0 Å². The fourth-order valence-electron chi connectivity index (χ4n) is 3.46. The molecule has 0 fully saturated rings. The number of nitrogens with two attached hydrogens (primary N) is 1. The van der Waals surface area contributed by atoms with Gasteiger partial charge in [0.25, 0.3) is 0 Å². The molecule has 6 N–H and O–H groups in total. The molecule has 0 saturated carbocycles. The van der Waals surface area contributed by atoms with Crippen molar-refractivity contribution in [1.29, 1.82) is 0 Å². The predicted molar refractivity (Wildman–Crippen MR) is 137 cm³/mol. The van der Waals surface area contributed by atoms with Crippen LogP contribution in [0, 0.1) is 5.92 Å². The van der Waals surface area contributed by atoms with E-state index >= 15 is 0 Å². The van der Waals surface area contributed by atoms with Crippen LogP contribution in [0.5, 0.6) is 0 Å². The SMILES string of the molecule is CCOC(=O)/C=C/[C@H](CCC(N)=O)NC(=O)[C@H](Cc1ccccc1)NC(=O)[C@H](CC(C)C)NC(=O)CO. The van der Waals surface area contributed by atoms with Gasteiger partial charge in [0.15, 0.2) is 0 Å². The van der Waals surface area contributed by atoms with Gasteiger partial charge in [-0.1, -0.05) is 50.3 Å². The molecule has 0 radical (unpaired) electrons. The lowest BCUT2D eigenvalue weighted by molar-refractivity contribution is -0.137. The molecule has 11 heteroatoms. The quantitative estimate of drug-likeness (QED) is 0.152. The van der Waals surface area contributed by atoms with Gasteiger partial charge in [-0.3, -0.25) is 19.2 Å². The number of carbonyl (C=O) groups is 5. The maximum absolute atomic E-state index is 13.3. The minimum absolute atomic E-state index is 0.0438. The lowest BCUT2D eigenvalue weighted by atomic mass is 10.0. The molecule has 0 bridgehead atoms. The molecule has 1 aromatic carbocycles. The van der Waals surface area contributed by atoms with Crippen LogP contribution in [0.15, 0.2) is 42.5 Å². The molecule has 4 amide bonds. The highest BCUT2D eigenvalue weighted by Crippen LogP contribution is 2.09. The highest BCUT2D eigenvalue weighted by atomic mass is 16.5. The molecule has 0 aliphatic rings. The molecule has 204 valence electrons. The molecule has 0 unspecified atom stereocenters. The predicted octanol–water partition coefficient (Wildman–Crippen LogP) is 0.107. The fraction of sp³-hybridized carbons (Fsp3) is 0.500. The largest absolute Gasteiger partial charge is 0.463 e. The molecular weight excluding hydrogens is 480 g/mol. The molecule has 0 saturated heterocycles. The van der Waals surface area contributed by atoms with Crippen molar-refractivity contribution in [2.75, 3.05) is 13.2 Å². The Morgan fingerprint density at radius 2 is 1.65 bits per heavy atom. The van der Waals surface area contributed by atoms with E-state index in [2.05, 4.69) is 16.0 Å². The van der Waals surface area contributed by atoms with Crippen molar-refractivity contribution < 1.29 is 33.8 Å². The van der Waals surface area contributed by atoms with Crippen LogP contribution in [0.25, 0.3) is 0 Å². The third-order valence-corrected chi connectivity index (χ3v) is 5.20. The van der Waals surface area contributed by atoms with E-state index in [-0.39, 0.29) is 31.8 Å². The standard InChI is InChI=1S/C26H38N4O7/c1-4-37-24(34)13-11-19(10-12-22(27)32)28-25(35)21(15-18-8-6-5-7-9-18)30-26(36)20(14-17(2)3)29-23(33)16-31/h5-9,11,13,17,19-21,31H,4,10,12,14-16H2,1-3H3,(H2,27,32)(H,28,35)(H,29,33)(H,30,36)/b13-11+/t19-,20-,21-/m0/s1. The van der Waals surface area contributed by atoms with Crippen molar-refractivity contribution in [1.82, 2.24) is 16.0 Å². The zero-order valence-corrected chi connectivity index (χ0v) is 21.6. The van der Waals surface area contributed by atoms with Gasteiger partial charge in [-0.15, -0.1) is 0 Å². The number of ether oxygens (including phenoxy) is 1. The highest BCUT2D eigenvalue weighted by Gasteiger charge is 2.28. The van der Waals surface area contributed by atoms with Gasteiger partial charge < -0.3 is 31.5 Å². The van der Waals surface area contributed by atoms with E-state index in [1.54, 1.807) is 31.2 Å². The molecule has 0 aliphatic heterocycles. The summed E-state index contributed by atoms with van der Waals surface area (Å²) in [6.07, 6.45) is 3.08. The number of esters is 1. The molecule has 0 aromatic heterocycles. The Labute approximate surface area is 217 Å². The van der Waals surface area contributed by atoms with Crippen molar-refractivity contribution in [3.8, 4) is 0 Å². The van der Waals surface area contributed by atoms with Crippen LogP contribution in [0.3, 0.4) is 0 Å². The number of aliphatic hydroxyl groups is 1. The molecule has 37 heavy (non-hydrogen) atoms. The van der Waals surface area contributed by atoms with Crippen LogP contribution in [-0.4, -0.2) is 66.0 Å². The van der Waals surface area contributed by atoms with Gasteiger partial charge in [-0.05, 0) is 31.2 Å². The Balaban J connectivity index is 3.15. The molecule has 0 spiro atoms. The fourth-order valence-corrected chi connectivity index (χ4v) is 3.46. The summed E-state index contributed by atoms with van der Waals surface area (Å²) in [5.41, 5.74) is 6.03. The number of carbonyl (C=O) groups excluding carboxylic acids is 5. The summed E-state index contributed by atoms with van der Waals surface area (Å²) < 4.78 is 4.86. The number of hydrogen-bond donors (Lipinski definition) is 5. The first-order valence-electron chi connectivity index (χ1n) is 12.2. The van der Waals surface area contributed by atoms with Gasteiger partial charge >= 0.3 is 5.97 Å². The van der Waals surface area contributed by atoms with E-state index in [4.69, 9.17) is 15.6 Å². The van der Waals surface area contributed by atoms with Crippen molar-refractivity contribution in [2.24, 2.45) is 11.7 Å². The van der Waals surface area contributed by atoms with E-state index in [1.165, 1.54) is 6.08 Å². The second-order valence-electron chi connectivity index (χ2n) is 8.89. The van der Waals surface area contributed by atoms with E-state index in [9.17, 15) is 24.0 Å². The summed E-state index contributed by atoms with van der Waals surface area (Å²) in [4.78, 5) is 61.2. The zero-order chi connectivity index (χ0) is 27.8. The summed E-state index contributed by atoms with van der Waals surface area (Å²) in [6.45, 7) is 4.81. The van der Waals surface area contributed by atoms with Crippen LogP contribution < -0.4 is 21.7 Å². The van der Waals surface area contributed by atoms with E-state index in [0.29, 0.717) is 6.42 Å². The van der Waals surface area contributed by atoms with Crippen molar-refractivity contribution in [2.45, 2.75) is 64.6 Å². The van der Waals surface area contributed by atoms with Crippen LogP contribution in [0.1, 0.15) is 45.6 Å². The first kappa shape index (κ1) is 31.3. The topological polar surface area (TPSA) is 177 Å². The molecule has 3 atom stereocenters. The first-order chi connectivity index (χ1) is 17.5. The van der Waals surface area contributed by atoms with Crippen LogP contribution in [0.2, 0.25) is 0 Å². The van der Waals surface area contributed by atoms with E-state index < -0.39 is 54.3 Å². The lowest BCUT2D eigenvalue weighted by Gasteiger charge is -2.25. The smallest absolute Gasteiger partial charge is 0.330 e. The second-order valence-corrected chi connectivity index (χ2v) is 8.89. The van der Waals surface area contributed by atoms with Crippen molar-refractivity contribution in [3.63, 3.8) is 0 Å². The van der Waals surface area contributed by atoms with Crippen LogP contribution in [-0.2, 0) is 35.1 Å². The Hall–Kier alpha value is -3.73. The highest BCUT2D eigenvalue weighted by molar-refractivity contribution is 5.92. The number of hydrogen-bond acceptors (Lipinski definition) is 7. The maximum atomic E-state index is 13.3. The maximum Gasteiger partial charge on any atom is 0.330 e. The average Bonchev–Trinajstić information content (AvgIpc) is 2.85. The zero-order valence-electron chi connectivity index (χ0n) is 21.6. The summed E-state index contributed by atoms with van der Waals surface area (Å²) in [6, 6.07) is 6.29. The normalized spacial score (nSPS) is 13.4. The van der Waals surface area contributed by atoms with Gasteiger partial charge in [-0.2, -0.15) is 0 Å².